The molecule has 0 aliphatic heterocycles. The predicted octanol–water partition coefficient (Wildman–Crippen LogP) is 4.06. The van der Waals surface area contributed by atoms with Gasteiger partial charge in [0.2, 0.25) is 5.91 Å². The molecule has 0 saturated heterocycles. The number of nitrogens with zero attached hydrogens (tertiary/aromatic N) is 1. The fourth-order valence-corrected chi connectivity index (χ4v) is 3.31. The summed E-state index contributed by atoms with van der Waals surface area (Å²) in [5.41, 5.74) is 1.60. The van der Waals surface area contributed by atoms with E-state index < -0.39 is 6.04 Å². The van der Waals surface area contributed by atoms with E-state index in [4.69, 9.17) is 4.74 Å². The maximum atomic E-state index is 13.3. The predicted molar refractivity (Wildman–Crippen MR) is 116 cm³/mol. The Labute approximate surface area is 178 Å². The lowest BCUT2D eigenvalue weighted by Gasteiger charge is -2.30. The van der Waals surface area contributed by atoms with Gasteiger partial charge in [0.15, 0.2) is 6.61 Å². The van der Waals surface area contributed by atoms with Crippen LogP contribution < -0.4 is 10.1 Å². The van der Waals surface area contributed by atoms with Crippen molar-refractivity contribution in [2.45, 2.75) is 52.1 Å². The number of amides is 2. The van der Waals surface area contributed by atoms with Gasteiger partial charge >= 0.3 is 0 Å². The Morgan fingerprint density at radius 1 is 1.10 bits per heavy atom. The molecule has 2 rings (SSSR count). The van der Waals surface area contributed by atoms with Gasteiger partial charge in [-0.1, -0.05) is 58.0 Å². The topological polar surface area (TPSA) is 58.6 Å². The first-order chi connectivity index (χ1) is 14.2. The van der Waals surface area contributed by atoms with E-state index in [1.165, 1.54) is 17.0 Å². The van der Waals surface area contributed by atoms with Crippen molar-refractivity contribution in [3.63, 3.8) is 0 Å². The summed E-state index contributed by atoms with van der Waals surface area (Å²) >= 11 is 0. The van der Waals surface area contributed by atoms with Crippen molar-refractivity contribution in [3.05, 3.63) is 65.5 Å². The lowest BCUT2D eigenvalue weighted by Crippen LogP contribution is -2.49. The highest BCUT2D eigenvalue weighted by Gasteiger charge is 2.29. The fourth-order valence-electron chi connectivity index (χ4n) is 3.31. The molecule has 0 bridgehead atoms. The number of carbonyl (C=O) groups excluding carboxylic acids is 2. The van der Waals surface area contributed by atoms with Crippen LogP contribution in [0.1, 0.15) is 45.2 Å². The average molecular weight is 415 g/mol. The lowest BCUT2D eigenvalue weighted by atomic mass is 9.86. The van der Waals surface area contributed by atoms with Crippen molar-refractivity contribution in [2.24, 2.45) is 0 Å². The van der Waals surface area contributed by atoms with Crippen LogP contribution in [0, 0.1) is 5.82 Å². The molecule has 0 radical (unpaired) electrons. The van der Waals surface area contributed by atoms with Crippen molar-refractivity contribution >= 4 is 11.8 Å². The smallest absolute Gasteiger partial charge is 0.261 e. The van der Waals surface area contributed by atoms with Gasteiger partial charge in [-0.3, -0.25) is 9.59 Å². The normalized spacial score (nSPS) is 12.2. The zero-order chi connectivity index (χ0) is 22.3. The lowest BCUT2D eigenvalue weighted by molar-refractivity contribution is -0.142. The number of ether oxygens (including phenoxy) is 1. The summed E-state index contributed by atoms with van der Waals surface area (Å²) in [7, 11) is 1.54. The molecule has 30 heavy (non-hydrogen) atoms. The van der Waals surface area contributed by atoms with Gasteiger partial charge in [-0.15, -0.1) is 0 Å². The maximum Gasteiger partial charge on any atom is 0.261 e. The standard InChI is InChI=1S/C24H31FN2O3/c1-6-20(23(29)26-5)27(15-17-11-13-18(25)14-12-17)22(28)16-30-21-10-8-7-9-19(21)24(2,3)4/h7-14,20H,6,15-16H2,1-5H3,(H,26,29)/t20-/m1/s1. The van der Waals surface area contributed by atoms with E-state index in [2.05, 4.69) is 26.1 Å². The van der Waals surface area contributed by atoms with E-state index in [1.54, 1.807) is 19.2 Å². The van der Waals surface area contributed by atoms with Crippen LogP contribution in [0.4, 0.5) is 4.39 Å². The molecule has 0 fully saturated rings. The Kier molecular flexibility index (Phi) is 7.98. The van der Waals surface area contributed by atoms with Crippen LogP contribution >= 0.6 is 0 Å². The van der Waals surface area contributed by atoms with E-state index in [0.717, 1.165) is 11.1 Å². The van der Waals surface area contributed by atoms with Gasteiger partial charge in [0.1, 0.15) is 17.6 Å². The maximum absolute atomic E-state index is 13.3. The largest absolute Gasteiger partial charge is 0.483 e. The molecule has 1 N–H and O–H groups in total. The minimum absolute atomic E-state index is 0.137. The Hall–Kier alpha value is -2.89. The first-order valence-electron chi connectivity index (χ1n) is 10.1. The molecule has 2 amide bonds. The van der Waals surface area contributed by atoms with Crippen molar-refractivity contribution in [1.82, 2.24) is 10.2 Å². The highest BCUT2D eigenvalue weighted by Crippen LogP contribution is 2.31. The number of para-hydroxylation sites is 1. The molecule has 162 valence electrons. The molecular formula is C24H31FN2O3. The number of hydrogen-bond donors (Lipinski definition) is 1. The van der Waals surface area contributed by atoms with Crippen LogP contribution in [-0.4, -0.2) is 36.4 Å². The highest BCUT2D eigenvalue weighted by atomic mass is 19.1. The molecular weight excluding hydrogens is 383 g/mol. The van der Waals surface area contributed by atoms with Crippen LogP contribution in [0.25, 0.3) is 0 Å². The summed E-state index contributed by atoms with van der Waals surface area (Å²) in [5, 5.41) is 2.62. The third kappa shape index (κ3) is 6.05. The number of rotatable bonds is 8. The molecule has 6 heteroatoms. The molecule has 0 aliphatic carbocycles. The average Bonchev–Trinajstić information content (AvgIpc) is 2.72. The highest BCUT2D eigenvalue weighted by molar-refractivity contribution is 5.88. The zero-order valence-corrected chi connectivity index (χ0v) is 18.4. The van der Waals surface area contributed by atoms with Gasteiger partial charge in [0.05, 0.1) is 0 Å². The van der Waals surface area contributed by atoms with E-state index in [1.807, 2.05) is 31.2 Å². The minimum atomic E-state index is -0.644. The molecule has 0 heterocycles. The van der Waals surface area contributed by atoms with E-state index >= 15 is 0 Å². The Bertz CT molecular complexity index is 859. The van der Waals surface area contributed by atoms with Crippen LogP contribution in [0.15, 0.2) is 48.5 Å². The molecule has 0 saturated carbocycles. The van der Waals surface area contributed by atoms with Gasteiger partial charge < -0.3 is 15.0 Å². The van der Waals surface area contributed by atoms with Gasteiger partial charge in [-0.25, -0.2) is 4.39 Å². The first-order valence-corrected chi connectivity index (χ1v) is 10.1. The minimum Gasteiger partial charge on any atom is -0.483 e. The summed E-state index contributed by atoms with van der Waals surface area (Å²) < 4.78 is 19.2. The zero-order valence-electron chi connectivity index (χ0n) is 18.4. The summed E-state index contributed by atoms with van der Waals surface area (Å²) in [6.45, 7) is 8.08. The number of carbonyl (C=O) groups is 2. The van der Waals surface area contributed by atoms with Crippen molar-refractivity contribution in [1.29, 1.82) is 0 Å². The molecule has 0 unspecified atom stereocenters. The molecule has 2 aromatic carbocycles. The number of nitrogens with one attached hydrogen (secondary N) is 1. The summed E-state index contributed by atoms with van der Waals surface area (Å²) in [6.07, 6.45) is 0.450. The SMILES string of the molecule is CC[C@H](C(=O)NC)N(Cc1ccc(F)cc1)C(=O)COc1ccccc1C(C)(C)C. The van der Waals surface area contributed by atoms with Crippen molar-refractivity contribution < 1.29 is 18.7 Å². The number of halogens is 1. The van der Waals surface area contributed by atoms with Crippen molar-refractivity contribution in [2.75, 3.05) is 13.7 Å². The quantitative estimate of drug-likeness (QED) is 0.709. The number of likely N-dealkylation sites (N-methyl/N-ethyl adjacent to an activating group) is 1. The second-order valence-electron chi connectivity index (χ2n) is 8.22. The van der Waals surface area contributed by atoms with Gasteiger partial charge in [0, 0.05) is 13.6 Å². The third-order valence-electron chi connectivity index (χ3n) is 4.94. The Morgan fingerprint density at radius 2 is 1.73 bits per heavy atom. The first kappa shape index (κ1) is 23.4. The molecule has 0 aromatic heterocycles. The summed E-state index contributed by atoms with van der Waals surface area (Å²) in [4.78, 5) is 27.0. The third-order valence-corrected chi connectivity index (χ3v) is 4.94. The van der Waals surface area contributed by atoms with E-state index in [-0.39, 0.29) is 36.2 Å². The Morgan fingerprint density at radius 3 is 2.30 bits per heavy atom. The summed E-state index contributed by atoms with van der Waals surface area (Å²) in [6, 6.07) is 12.9. The number of hydrogen-bond acceptors (Lipinski definition) is 3. The second kappa shape index (κ2) is 10.2. The van der Waals surface area contributed by atoms with Crippen molar-refractivity contribution in [3.8, 4) is 5.75 Å². The van der Waals surface area contributed by atoms with E-state index in [9.17, 15) is 14.0 Å². The molecule has 5 nitrogen and oxygen atoms in total. The monoisotopic (exact) mass is 414 g/mol. The summed E-state index contributed by atoms with van der Waals surface area (Å²) in [5.74, 6) is -0.258. The molecule has 1 atom stereocenters. The number of benzene rings is 2. The van der Waals surface area contributed by atoms with Crippen LogP contribution in [0.5, 0.6) is 5.75 Å². The molecule has 0 aliphatic rings. The van der Waals surface area contributed by atoms with Gasteiger partial charge in [0.25, 0.3) is 5.91 Å². The van der Waals surface area contributed by atoms with Crippen LogP contribution in [0.3, 0.4) is 0 Å². The fraction of sp³-hybridized carbons (Fsp3) is 0.417. The molecule has 2 aromatic rings. The van der Waals surface area contributed by atoms with Gasteiger partial charge in [-0.2, -0.15) is 0 Å². The second-order valence-corrected chi connectivity index (χ2v) is 8.22. The van der Waals surface area contributed by atoms with Gasteiger partial charge in [-0.05, 0) is 41.2 Å². The molecule has 0 spiro atoms. The van der Waals surface area contributed by atoms with Crippen LogP contribution in [-0.2, 0) is 21.5 Å². The van der Waals surface area contributed by atoms with E-state index in [0.29, 0.717) is 12.2 Å². The Balaban J connectivity index is 2.24. The van der Waals surface area contributed by atoms with Crippen LogP contribution in [0.2, 0.25) is 0 Å².